The molecule has 18 rings (SSSR count). The molecule has 418 valence electrons. The van der Waals surface area contributed by atoms with Gasteiger partial charge < -0.3 is 29.6 Å². The fourth-order valence-corrected chi connectivity index (χ4v) is 13.9. The molecule has 0 bridgehead atoms. The molecule has 0 unspecified atom stereocenters. The smallest absolute Gasteiger partial charge is 0.252 e. The highest BCUT2D eigenvalue weighted by molar-refractivity contribution is 7.00. The molecule has 89 heavy (non-hydrogen) atoms. The first kappa shape index (κ1) is 34.6. The Morgan fingerprint density at radius 2 is 0.685 bits per heavy atom. The van der Waals surface area contributed by atoms with Gasteiger partial charge in [0.05, 0.1) is 60.9 Å². The molecular weight excluding hydrogens is 1080 g/mol. The Hall–Kier alpha value is -11.5. The van der Waals surface area contributed by atoms with Crippen LogP contribution in [0.15, 0.2) is 321 Å². The second-order valence-electron chi connectivity index (χ2n) is 22.2. The highest BCUT2D eigenvalue weighted by Crippen LogP contribution is 2.51. The van der Waals surface area contributed by atoms with Crippen molar-refractivity contribution < 1.29 is 27.4 Å². The highest BCUT2D eigenvalue weighted by Gasteiger charge is 2.47. The van der Waals surface area contributed by atoms with E-state index in [0.29, 0.717) is 61.6 Å². The van der Waals surface area contributed by atoms with Gasteiger partial charge in [-0.05, 0) is 110 Å². The summed E-state index contributed by atoms with van der Waals surface area (Å²) in [6.07, 6.45) is 3.03. The van der Waals surface area contributed by atoms with Gasteiger partial charge in [-0.2, -0.15) is 0 Å². The quantitative estimate of drug-likeness (QED) is 0.141. The number of allylic oxidation sites excluding steroid dienone is 2. The topological polar surface area (TPSA) is 40.4 Å². The number of aromatic nitrogens is 2. The summed E-state index contributed by atoms with van der Waals surface area (Å²) in [6, 6.07) is 44.3. The predicted octanol–water partition coefficient (Wildman–Crippen LogP) is 17.1. The fraction of sp³-hybridized carbons (Fsp3) is 0.0244. The summed E-state index contributed by atoms with van der Waals surface area (Å²) in [6.45, 7) is -1.42. The van der Waals surface area contributed by atoms with Gasteiger partial charge in [-0.3, -0.25) is 0 Å². The zero-order valence-corrected chi connectivity index (χ0v) is 47.2. The molecule has 0 amide bonds. The van der Waals surface area contributed by atoms with E-state index >= 15 is 0 Å². The minimum Gasteiger partial charge on any atom is -0.386 e. The van der Waals surface area contributed by atoms with Crippen molar-refractivity contribution in [1.82, 2.24) is 19.8 Å². The summed E-state index contributed by atoms with van der Waals surface area (Å²) in [5, 5.41) is 10.3. The number of nitrogens with zero attached hydrogens (tertiary/aromatic N) is 4. The van der Waals surface area contributed by atoms with E-state index in [1.807, 2.05) is 186 Å². The number of rotatable bonds is 9. The highest BCUT2D eigenvalue weighted by atomic mass is 15.2. The van der Waals surface area contributed by atoms with Gasteiger partial charge in [-0.15, -0.1) is 0 Å². The molecule has 12 aromatic carbocycles. The lowest BCUT2D eigenvalue weighted by atomic mass is 9.33. The first-order valence-corrected chi connectivity index (χ1v) is 29.2. The van der Waals surface area contributed by atoms with Crippen LogP contribution < -0.4 is 36.8 Å². The summed E-state index contributed by atoms with van der Waals surface area (Å²) in [4.78, 5) is 3.76. The Balaban J connectivity index is 1.07. The number of anilines is 4. The molecule has 0 spiro atoms. The molecule has 0 radical (unpaired) electrons. The zero-order chi connectivity index (χ0) is 75.9. The summed E-state index contributed by atoms with van der Waals surface area (Å²) in [5.41, 5.74) is 7.98. The molecule has 14 aromatic rings. The van der Waals surface area contributed by atoms with Crippen molar-refractivity contribution >= 4 is 112 Å². The summed E-state index contributed by atoms with van der Waals surface area (Å²) in [5.74, 6) is 0. The standard InChI is InChI=1S/C82H57BN6/c1-6-24-54(25-7-1)59-46-78-80-79(47-59)89(82-68(57-30-12-4-13-31-57)52-85-53-69(82)58-32-14-5-15-33-58)77-49-61(87-74-40-22-18-36-64(74)65-37-19-23-41-75(65)87)43-45-71(77)83(80)70-44-42-60(86-72-38-20-16-34-62(72)63-35-17-21-39-73(63)86)48-76(70)88(78)81-66(55-26-8-2-9-27-55)50-84-51-67(81)56-28-10-3-11-29-56/h1-50,52,84-85H,51,53H2/i2D,3D,4D,5D,8D,9D,10D,11D,12D,13D,14D,15D,26D,27D,28D,29D,30D,31D,32D,33D. The van der Waals surface area contributed by atoms with E-state index in [2.05, 4.69) is 19.8 Å². The fourth-order valence-electron chi connectivity index (χ4n) is 13.9. The van der Waals surface area contributed by atoms with Crippen LogP contribution in [0.25, 0.3) is 88.4 Å². The Bertz CT molecular complexity index is 6010. The Morgan fingerprint density at radius 1 is 0.326 bits per heavy atom. The largest absolute Gasteiger partial charge is 0.386 e. The van der Waals surface area contributed by atoms with E-state index in [4.69, 9.17) is 5.48 Å². The lowest BCUT2D eigenvalue weighted by Crippen LogP contribution is -2.62. The maximum Gasteiger partial charge on any atom is 0.252 e. The summed E-state index contributed by atoms with van der Waals surface area (Å²) in [7, 11) is 0. The van der Waals surface area contributed by atoms with Crippen LogP contribution in [-0.4, -0.2) is 28.9 Å². The van der Waals surface area contributed by atoms with Crippen molar-refractivity contribution in [3.63, 3.8) is 0 Å². The van der Waals surface area contributed by atoms with Crippen LogP contribution in [0.4, 0.5) is 22.7 Å². The third-order valence-electron chi connectivity index (χ3n) is 17.5. The van der Waals surface area contributed by atoms with Crippen molar-refractivity contribution in [2.75, 3.05) is 22.9 Å². The van der Waals surface area contributed by atoms with E-state index in [9.17, 15) is 21.9 Å². The number of hydrogen-bond donors (Lipinski definition) is 2. The van der Waals surface area contributed by atoms with E-state index < -0.39 is 128 Å². The monoisotopic (exact) mass is 1160 g/mol. The molecule has 2 N–H and O–H groups in total. The van der Waals surface area contributed by atoms with Crippen LogP contribution in [0.1, 0.15) is 49.7 Å². The number of fused-ring (bicyclic) bond motifs is 10. The van der Waals surface area contributed by atoms with E-state index in [0.717, 1.165) is 43.6 Å². The average molecular weight is 1160 g/mol. The average Bonchev–Trinajstić information content (AvgIpc) is 0.817. The molecule has 4 aliphatic heterocycles. The van der Waals surface area contributed by atoms with Crippen LogP contribution >= 0.6 is 0 Å². The summed E-state index contributed by atoms with van der Waals surface area (Å²) >= 11 is 0. The third kappa shape index (κ3) is 7.98. The predicted molar refractivity (Wildman–Crippen MR) is 374 cm³/mol. The van der Waals surface area contributed by atoms with Crippen molar-refractivity contribution in [3.05, 3.63) is 343 Å². The zero-order valence-electron chi connectivity index (χ0n) is 67.2. The lowest BCUT2D eigenvalue weighted by molar-refractivity contribution is 0.967. The molecule has 0 fully saturated rings. The first-order valence-electron chi connectivity index (χ1n) is 39.2. The Morgan fingerprint density at radius 3 is 1.08 bits per heavy atom. The normalized spacial score (nSPS) is 17.5. The lowest BCUT2D eigenvalue weighted by Gasteiger charge is -2.47. The maximum absolute atomic E-state index is 9.87. The minimum atomic E-state index is -0.897. The first-order chi connectivity index (χ1) is 52.5. The van der Waals surface area contributed by atoms with Crippen molar-refractivity contribution in [3.8, 4) is 22.5 Å². The van der Waals surface area contributed by atoms with Gasteiger partial charge in [-0.1, -0.05) is 236 Å². The van der Waals surface area contributed by atoms with Gasteiger partial charge >= 0.3 is 0 Å². The molecule has 4 aliphatic rings. The molecule has 0 aliphatic carbocycles. The Labute approximate surface area is 545 Å². The van der Waals surface area contributed by atoms with E-state index in [1.54, 1.807) is 0 Å². The van der Waals surface area contributed by atoms with Gasteiger partial charge in [0.1, 0.15) is 0 Å². The van der Waals surface area contributed by atoms with Crippen molar-refractivity contribution in [2.24, 2.45) is 0 Å². The number of para-hydroxylation sites is 4. The van der Waals surface area contributed by atoms with Gasteiger partial charge in [0, 0.05) is 103 Å². The minimum absolute atomic E-state index is 0.0320. The van der Waals surface area contributed by atoms with Crippen molar-refractivity contribution in [2.45, 2.75) is 0 Å². The van der Waals surface area contributed by atoms with Crippen LogP contribution in [-0.2, 0) is 0 Å². The van der Waals surface area contributed by atoms with E-state index in [1.165, 1.54) is 12.4 Å². The second-order valence-corrected chi connectivity index (χ2v) is 22.2. The maximum atomic E-state index is 9.87. The van der Waals surface area contributed by atoms with Crippen LogP contribution in [0.3, 0.4) is 0 Å². The molecule has 6 nitrogen and oxygen atoms in total. The van der Waals surface area contributed by atoms with Gasteiger partial charge in [0.2, 0.25) is 0 Å². The molecule has 0 saturated carbocycles. The van der Waals surface area contributed by atoms with Gasteiger partial charge in [-0.25, -0.2) is 0 Å². The SMILES string of the molecule is [2H]c1c([2H])c([2H])c(C2=CNCC(c3c([2H])c([2H])c([2H])c([2H])c3[2H])=C2N2c3cc(-n4c5ccccc5c5ccccc54)ccc3B3c4ccc(-n5c6ccccc6c6ccccc65)cc4N(C4=C(c5c([2H])c([2H])c([2H])c([2H])c5[2H])CNC=C4c4c([2H])c([2H])c([2H])c([2H])c4[2H])c4cc(-c5ccccc5)cc2c43)c([2H])c1[2H]. The van der Waals surface area contributed by atoms with Gasteiger partial charge in [0.25, 0.3) is 6.71 Å². The van der Waals surface area contributed by atoms with Crippen molar-refractivity contribution in [1.29, 1.82) is 0 Å². The number of benzene rings is 12. The molecule has 2 aromatic heterocycles. The third-order valence-corrected chi connectivity index (χ3v) is 17.5. The molecule has 0 saturated heterocycles. The Kier molecular flexibility index (Phi) is 7.99. The molecule has 0 atom stereocenters. The van der Waals surface area contributed by atoms with Crippen LogP contribution in [0.5, 0.6) is 0 Å². The number of hydrogen-bond acceptors (Lipinski definition) is 4. The molecule has 6 heterocycles. The second kappa shape index (κ2) is 20.6. The van der Waals surface area contributed by atoms with Gasteiger partial charge in [0.15, 0.2) is 0 Å². The van der Waals surface area contributed by atoms with E-state index in [-0.39, 0.29) is 69.0 Å². The molecular formula is C82H57BN6. The van der Waals surface area contributed by atoms with Crippen LogP contribution in [0.2, 0.25) is 0 Å². The number of dihydropyridines is 2. The summed E-state index contributed by atoms with van der Waals surface area (Å²) < 4.78 is 193. The van der Waals surface area contributed by atoms with Crippen LogP contribution in [0, 0.1) is 0 Å². The molecule has 7 heteroatoms. The number of nitrogens with one attached hydrogen (secondary N) is 2.